The van der Waals surface area contributed by atoms with E-state index in [1.54, 1.807) is 0 Å². The van der Waals surface area contributed by atoms with Gasteiger partial charge < -0.3 is 16.0 Å². The first kappa shape index (κ1) is 9.93. The molecule has 0 aromatic heterocycles. The third-order valence-electron chi connectivity index (χ3n) is 3.16. The largest absolute Gasteiger partial charge is 0.355 e. The van der Waals surface area contributed by atoms with Crippen molar-refractivity contribution in [1.82, 2.24) is 16.0 Å². The molecule has 4 nitrogen and oxygen atoms in total. The van der Waals surface area contributed by atoms with E-state index in [1.165, 1.54) is 6.42 Å². The lowest BCUT2D eigenvalue weighted by Gasteiger charge is -2.12. The van der Waals surface area contributed by atoms with Crippen molar-refractivity contribution in [3.8, 4) is 0 Å². The lowest BCUT2D eigenvalue weighted by molar-refractivity contribution is -0.124. The van der Waals surface area contributed by atoms with Gasteiger partial charge in [-0.3, -0.25) is 4.79 Å². The first-order valence-electron chi connectivity index (χ1n) is 5.55. The van der Waals surface area contributed by atoms with E-state index < -0.39 is 0 Å². The molecule has 2 fully saturated rings. The van der Waals surface area contributed by atoms with Crippen LogP contribution in [-0.4, -0.2) is 38.6 Å². The monoisotopic (exact) mass is 197 g/mol. The lowest BCUT2D eigenvalue weighted by Crippen LogP contribution is -2.35. The molecule has 0 aromatic carbocycles. The molecule has 3 N–H and O–H groups in total. The van der Waals surface area contributed by atoms with E-state index in [9.17, 15) is 4.79 Å². The molecule has 2 heterocycles. The van der Waals surface area contributed by atoms with Crippen LogP contribution in [0.2, 0.25) is 0 Å². The topological polar surface area (TPSA) is 53.2 Å². The van der Waals surface area contributed by atoms with Crippen LogP contribution in [0.1, 0.15) is 12.8 Å². The van der Waals surface area contributed by atoms with Crippen molar-refractivity contribution in [3.63, 3.8) is 0 Å². The number of hydrogen-bond acceptors (Lipinski definition) is 3. The zero-order valence-corrected chi connectivity index (χ0v) is 8.51. The van der Waals surface area contributed by atoms with Crippen LogP contribution < -0.4 is 16.0 Å². The summed E-state index contributed by atoms with van der Waals surface area (Å²) in [6, 6.07) is 0. The Balaban J connectivity index is 1.66. The van der Waals surface area contributed by atoms with E-state index in [4.69, 9.17) is 0 Å². The highest BCUT2D eigenvalue weighted by Gasteiger charge is 2.23. The van der Waals surface area contributed by atoms with Gasteiger partial charge in [0, 0.05) is 13.1 Å². The van der Waals surface area contributed by atoms with Gasteiger partial charge in [0.2, 0.25) is 5.91 Å². The molecule has 0 spiro atoms. The predicted octanol–water partition coefficient (Wildman–Crippen LogP) is -0.678. The number of carbonyl (C=O) groups is 1. The fraction of sp³-hybridized carbons (Fsp3) is 0.900. The molecule has 0 saturated carbocycles. The second-order valence-corrected chi connectivity index (χ2v) is 4.29. The summed E-state index contributed by atoms with van der Waals surface area (Å²) in [6.07, 6.45) is 2.19. The van der Waals surface area contributed by atoms with Crippen LogP contribution in [0.15, 0.2) is 0 Å². The third-order valence-corrected chi connectivity index (χ3v) is 3.16. The molecule has 0 aromatic rings. The summed E-state index contributed by atoms with van der Waals surface area (Å²) in [5.74, 6) is 1.10. The van der Waals surface area contributed by atoms with E-state index >= 15 is 0 Å². The summed E-state index contributed by atoms with van der Waals surface area (Å²) in [7, 11) is 0. The molecular weight excluding hydrogens is 178 g/mol. The van der Waals surface area contributed by atoms with Gasteiger partial charge in [-0.15, -0.1) is 0 Å². The van der Waals surface area contributed by atoms with Crippen LogP contribution in [0.5, 0.6) is 0 Å². The van der Waals surface area contributed by atoms with Crippen LogP contribution in [-0.2, 0) is 4.79 Å². The molecule has 2 aliphatic rings. The average Bonchev–Trinajstić information content (AvgIpc) is 2.87. The van der Waals surface area contributed by atoms with Gasteiger partial charge in [0.1, 0.15) is 0 Å². The summed E-state index contributed by atoms with van der Waals surface area (Å²) in [6.45, 7) is 4.86. The SMILES string of the molecule is O=C(NCC1CCNC1)[C@@H]1CCNC1. The minimum atomic E-state index is 0.212. The lowest BCUT2D eigenvalue weighted by atomic mass is 10.1. The number of amides is 1. The molecule has 1 amide bonds. The highest BCUT2D eigenvalue weighted by atomic mass is 16.1. The molecule has 0 radical (unpaired) electrons. The number of rotatable bonds is 3. The Morgan fingerprint density at radius 1 is 1.21 bits per heavy atom. The predicted molar refractivity (Wildman–Crippen MR) is 55.0 cm³/mol. The fourth-order valence-electron chi connectivity index (χ4n) is 2.16. The first-order valence-corrected chi connectivity index (χ1v) is 5.55. The summed E-state index contributed by atoms with van der Waals surface area (Å²) in [4.78, 5) is 11.6. The van der Waals surface area contributed by atoms with Gasteiger partial charge in [-0.2, -0.15) is 0 Å². The van der Waals surface area contributed by atoms with E-state index in [1.807, 2.05) is 0 Å². The van der Waals surface area contributed by atoms with Crippen LogP contribution in [0.3, 0.4) is 0 Å². The Kier molecular flexibility index (Phi) is 3.37. The van der Waals surface area contributed by atoms with E-state index in [0.717, 1.165) is 39.1 Å². The highest BCUT2D eigenvalue weighted by Crippen LogP contribution is 2.09. The number of hydrogen-bond donors (Lipinski definition) is 3. The van der Waals surface area contributed by atoms with Crippen molar-refractivity contribution >= 4 is 5.91 Å². The average molecular weight is 197 g/mol. The Bertz CT molecular complexity index is 196. The van der Waals surface area contributed by atoms with Gasteiger partial charge in [-0.05, 0) is 38.4 Å². The van der Waals surface area contributed by atoms with Crippen LogP contribution >= 0.6 is 0 Å². The number of carbonyl (C=O) groups excluding carboxylic acids is 1. The fourth-order valence-corrected chi connectivity index (χ4v) is 2.16. The van der Waals surface area contributed by atoms with Crippen LogP contribution in [0, 0.1) is 11.8 Å². The Morgan fingerprint density at radius 3 is 2.64 bits per heavy atom. The third kappa shape index (κ3) is 2.45. The molecule has 2 saturated heterocycles. The second-order valence-electron chi connectivity index (χ2n) is 4.29. The minimum absolute atomic E-state index is 0.212. The van der Waals surface area contributed by atoms with Crippen molar-refractivity contribution in [2.45, 2.75) is 12.8 Å². The van der Waals surface area contributed by atoms with Gasteiger partial charge in [0.25, 0.3) is 0 Å². The molecular formula is C10H19N3O. The van der Waals surface area contributed by atoms with Crippen LogP contribution in [0.25, 0.3) is 0 Å². The van der Waals surface area contributed by atoms with Gasteiger partial charge in [0.05, 0.1) is 5.92 Å². The zero-order chi connectivity index (χ0) is 9.80. The molecule has 0 aliphatic carbocycles. The minimum Gasteiger partial charge on any atom is -0.355 e. The maximum Gasteiger partial charge on any atom is 0.224 e. The highest BCUT2D eigenvalue weighted by molar-refractivity contribution is 5.79. The standard InChI is InChI=1S/C10H19N3O/c14-10(9-2-4-12-7-9)13-6-8-1-3-11-5-8/h8-9,11-12H,1-7H2,(H,13,14)/t8?,9-/m1/s1. The molecule has 0 bridgehead atoms. The normalized spacial score (nSPS) is 32.0. The van der Waals surface area contributed by atoms with Crippen LogP contribution in [0.4, 0.5) is 0 Å². The van der Waals surface area contributed by atoms with Crippen molar-refractivity contribution < 1.29 is 4.79 Å². The zero-order valence-electron chi connectivity index (χ0n) is 8.51. The van der Waals surface area contributed by atoms with Crippen molar-refractivity contribution in [1.29, 1.82) is 0 Å². The van der Waals surface area contributed by atoms with Gasteiger partial charge in [-0.1, -0.05) is 0 Å². The second kappa shape index (κ2) is 4.75. The Hall–Kier alpha value is -0.610. The molecule has 2 atom stereocenters. The van der Waals surface area contributed by atoms with E-state index in [0.29, 0.717) is 5.92 Å². The quantitative estimate of drug-likeness (QED) is 0.562. The Morgan fingerprint density at radius 2 is 2.00 bits per heavy atom. The smallest absolute Gasteiger partial charge is 0.224 e. The Labute approximate surface area is 84.8 Å². The van der Waals surface area contributed by atoms with Gasteiger partial charge in [0.15, 0.2) is 0 Å². The summed E-state index contributed by atoms with van der Waals surface area (Å²) >= 11 is 0. The summed E-state index contributed by atoms with van der Waals surface area (Å²) in [5.41, 5.74) is 0. The molecule has 80 valence electrons. The first-order chi connectivity index (χ1) is 6.86. The molecule has 4 heteroatoms. The maximum absolute atomic E-state index is 11.6. The van der Waals surface area contributed by atoms with Crippen molar-refractivity contribution in [3.05, 3.63) is 0 Å². The summed E-state index contributed by atoms with van der Waals surface area (Å²) < 4.78 is 0. The molecule has 14 heavy (non-hydrogen) atoms. The molecule has 2 rings (SSSR count). The molecule has 2 aliphatic heterocycles. The van der Waals surface area contributed by atoms with Crippen molar-refractivity contribution in [2.24, 2.45) is 11.8 Å². The van der Waals surface area contributed by atoms with Gasteiger partial charge >= 0.3 is 0 Å². The maximum atomic E-state index is 11.6. The van der Waals surface area contributed by atoms with Crippen molar-refractivity contribution in [2.75, 3.05) is 32.7 Å². The molecule has 1 unspecified atom stereocenters. The number of nitrogens with one attached hydrogen (secondary N) is 3. The van der Waals surface area contributed by atoms with E-state index in [2.05, 4.69) is 16.0 Å². The van der Waals surface area contributed by atoms with Gasteiger partial charge in [-0.25, -0.2) is 0 Å². The van der Waals surface area contributed by atoms with E-state index in [-0.39, 0.29) is 11.8 Å². The summed E-state index contributed by atoms with van der Waals surface area (Å²) in [5, 5.41) is 9.56.